The van der Waals surface area contributed by atoms with Gasteiger partial charge in [-0.1, -0.05) is 12.1 Å². The van der Waals surface area contributed by atoms with Crippen LogP contribution < -0.4 is 9.47 Å². The van der Waals surface area contributed by atoms with Crippen molar-refractivity contribution in [3.8, 4) is 11.5 Å². The van der Waals surface area contributed by atoms with Crippen molar-refractivity contribution in [2.75, 3.05) is 0 Å². The lowest BCUT2D eigenvalue weighted by molar-refractivity contribution is 0.164. The van der Waals surface area contributed by atoms with Gasteiger partial charge in [0.25, 0.3) is 0 Å². The van der Waals surface area contributed by atoms with Crippen LogP contribution >= 0.6 is 0 Å². The molecule has 2 aromatic rings. The smallest absolute Gasteiger partial charge is 0.154 e. The monoisotopic (exact) mass is 330 g/mol. The summed E-state index contributed by atoms with van der Waals surface area (Å²) in [6.45, 7) is 6.18. The summed E-state index contributed by atoms with van der Waals surface area (Å²) in [6.07, 6.45) is 2.61. The maximum Gasteiger partial charge on any atom is 0.154 e. The molecule has 1 atom stereocenters. The zero-order valence-corrected chi connectivity index (χ0v) is 14.5. The highest BCUT2D eigenvalue weighted by molar-refractivity contribution is 6.18. The maximum absolute atomic E-state index is 6.33. The van der Waals surface area contributed by atoms with E-state index < -0.39 is 5.60 Å². The third-order valence-electron chi connectivity index (χ3n) is 4.88. The van der Waals surface area contributed by atoms with E-state index in [1.54, 1.807) is 0 Å². The molecule has 1 unspecified atom stereocenters. The second kappa shape index (κ2) is 4.82. The molecule has 124 valence electrons. The first-order valence-corrected chi connectivity index (χ1v) is 8.47. The fourth-order valence-electron chi connectivity index (χ4n) is 3.52. The number of nitrogens with zero attached hydrogens (tertiary/aromatic N) is 2. The molecule has 0 saturated heterocycles. The average Bonchev–Trinajstić information content (AvgIpc) is 2.56. The lowest BCUT2D eigenvalue weighted by Crippen LogP contribution is -2.48. The Morgan fingerprint density at radius 1 is 0.920 bits per heavy atom. The number of aliphatic imine (C=N–C) groups is 2. The number of fused-ring (bicyclic) bond motifs is 4. The number of benzene rings is 2. The molecule has 5 rings (SSSR count). The van der Waals surface area contributed by atoms with E-state index in [1.165, 1.54) is 11.1 Å². The number of ether oxygens (including phenoxy) is 2. The van der Waals surface area contributed by atoms with Crippen LogP contribution in [0.1, 0.15) is 24.5 Å². The number of hydrogen-bond donors (Lipinski definition) is 0. The van der Waals surface area contributed by atoms with Gasteiger partial charge in [0, 0.05) is 12.5 Å². The van der Waals surface area contributed by atoms with Gasteiger partial charge in [-0.25, -0.2) is 9.98 Å². The van der Waals surface area contributed by atoms with Gasteiger partial charge in [-0.15, -0.1) is 0 Å². The van der Waals surface area contributed by atoms with Crippen molar-refractivity contribution in [2.45, 2.75) is 32.8 Å². The highest BCUT2D eigenvalue weighted by Gasteiger charge is 2.43. The molecule has 0 saturated carbocycles. The molecule has 0 radical (unpaired) electrons. The Morgan fingerprint density at radius 2 is 1.60 bits per heavy atom. The second-order valence-electron chi connectivity index (χ2n) is 7.12. The van der Waals surface area contributed by atoms with Crippen LogP contribution in [0.4, 0.5) is 11.4 Å². The molecule has 4 nitrogen and oxygen atoms in total. The third-order valence-corrected chi connectivity index (χ3v) is 4.88. The summed E-state index contributed by atoms with van der Waals surface area (Å²) >= 11 is 0. The summed E-state index contributed by atoms with van der Waals surface area (Å²) in [4.78, 5) is 9.66. The largest absolute Gasteiger partial charge is 0.479 e. The van der Waals surface area contributed by atoms with Gasteiger partial charge in [0.15, 0.2) is 17.1 Å². The van der Waals surface area contributed by atoms with E-state index in [1.807, 2.05) is 42.5 Å². The summed E-state index contributed by atoms with van der Waals surface area (Å²) in [5.41, 5.74) is 5.36. The highest BCUT2D eigenvalue weighted by atomic mass is 16.5. The standard InChI is InChI=1S/C21H18N2O2/c1-12-4-6-17-14(8-12)22-16-11-21(3)20(10-19(16)24-17)23-15-9-13(2)5-7-18(15)25-21/h4-10H,11H2,1-3H3. The van der Waals surface area contributed by atoms with Crippen LogP contribution in [0.5, 0.6) is 11.5 Å². The Kier molecular flexibility index (Phi) is 2.79. The van der Waals surface area contributed by atoms with Crippen LogP contribution in [0.25, 0.3) is 0 Å². The molecule has 2 aliphatic heterocycles. The number of hydrogen-bond acceptors (Lipinski definition) is 4. The normalized spacial score (nSPS) is 22.8. The van der Waals surface area contributed by atoms with Gasteiger partial charge in [0.05, 0.1) is 11.4 Å². The van der Waals surface area contributed by atoms with Crippen molar-refractivity contribution >= 4 is 22.8 Å². The lowest BCUT2D eigenvalue weighted by Gasteiger charge is -2.39. The van der Waals surface area contributed by atoms with E-state index >= 15 is 0 Å². The van der Waals surface area contributed by atoms with Crippen LogP contribution in [-0.2, 0) is 0 Å². The highest BCUT2D eigenvalue weighted by Crippen LogP contribution is 2.43. The number of aryl methyl sites for hydroxylation is 2. The molecule has 2 aromatic carbocycles. The van der Waals surface area contributed by atoms with Crippen molar-refractivity contribution in [1.29, 1.82) is 0 Å². The second-order valence-corrected chi connectivity index (χ2v) is 7.12. The van der Waals surface area contributed by atoms with Crippen molar-refractivity contribution in [3.05, 3.63) is 59.4 Å². The van der Waals surface area contributed by atoms with Crippen molar-refractivity contribution in [1.82, 2.24) is 0 Å². The minimum Gasteiger partial charge on any atom is -0.479 e. The molecule has 0 aromatic heterocycles. The average molecular weight is 330 g/mol. The fraction of sp³-hybridized carbons (Fsp3) is 0.238. The summed E-state index contributed by atoms with van der Waals surface area (Å²) < 4.78 is 12.4. The lowest BCUT2D eigenvalue weighted by atomic mass is 9.85. The van der Waals surface area contributed by atoms with Crippen molar-refractivity contribution in [2.24, 2.45) is 9.98 Å². The Bertz CT molecular complexity index is 1020. The summed E-state index contributed by atoms with van der Waals surface area (Å²) in [5.74, 6) is 2.38. The van der Waals surface area contributed by atoms with Gasteiger partial charge in [-0.05, 0) is 56.2 Å². The fourth-order valence-corrected chi connectivity index (χ4v) is 3.52. The molecule has 3 aliphatic rings. The Hall–Kier alpha value is -2.88. The van der Waals surface area contributed by atoms with Gasteiger partial charge < -0.3 is 9.47 Å². The molecule has 0 amide bonds. The molecule has 2 heterocycles. The molecular weight excluding hydrogens is 312 g/mol. The van der Waals surface area contributed by atoms with Gasteiger partial charge in [-0.2, -0.15) is 0 Å². The molecule has 1 aliphatic carbocycles. The van der Waals surface area contributed by atoms with Gasteiger partial charge in [0.1, 0.15) is 17.1 Å². The van der Waals surface area contributed by atoms with Crippen molar-refractivity contribution < 1.29 is 9.47 Å². The van der Waals surface area contributed by atoms with Crippen LogP contribution in [0.3, 0.4) is 0 Å². The maximum atomic E-state index is 6.33. The zero-order chi connectivity index (χ0) is 17.2. The molecule has 25 heavy (non-hydrogen) atoms. The Labute approximate surface area is 146 Å². The van der Waals surface area contributed by atoms with Gasteiger partial charge in [0.2, 0.25) is 0 Å². The predicted molar refractivity (Wildman–Crippen MR) is 98.9 cm³/mol. The summed E-state index contributed by atoms with van der Waals surface area (Å²) in [7, 11) is 0. The number of rotatable bonds is 0. The van der Waals surface area contributed by atoms with E-state index in [0.717, 1.165) is 40.1 Å². The first kappa shape index (κ1) is 14.5. The van der Waals surface area contributed by atoms with E-state index in [4.69, 9.17) is 19.5 Å². The SMILES string of the molecule is Cc1ccc2c(c1)N=C1CC3(C)Oc4ccc(C)cc4N=C3C=C1O2. The van der Waals surface area contributed by atoms with E-state index in [2.05, 4.69) is 20.8 Å². The van der Waals surface area contributed by atoms with Crippen LogP contribution in [0, 0.1) is 13.8 Å². The van der Waals surface area contributed by atoms with Crippen molar-refractivity contribution in [3.63, 3.8) is 0 Å². The van der Waals surface area contributed by atoms with Crippen LogP contribution in [-0.4, -0.2) is 17.0 Å². The first-order chi connectivity index (χ1) is 12.0. The van der Waals surface area contributed by atoms with E-state index in [0.29, 0.717) is 6.42 Å². The molecule has 0 fully saturated rings. The van der Waals surface area contributed by atoms with Gasteiger partial charge >= 0.3 is 0 Å². The summed E-state index contributed by atoms with van der Waals surface area (Å²) in [6, 6.07) is 12.1. The Morgan fingerprint density at radius 3 is 2.36 bits per heavy atom. The molecule has 0 N–H and O–H groups in total. The molecular formula is C21H18N2O2. The van der Waals surface area contributed by atoms with E-state index in [9.17, 15) is 0 Å². The molecule has 0 spiro atoms. The van der Waals surface area contributed by atoms with Crippen LogP contribution in [0.2, 0.25) is 0 Å². The molecule has 0 bridgehead atoms. The molecule has 4 heteroatoms. The first-order valence-electron chi connectivity index (χ1n) is 8.47. The zero-order valence-electron chi connectivity index (χ0n) is 14.5. The van der Waals surface area contributed by atoms with Crippen LogP contribution in [0.15, 0.2) is 58.2 Å². The Balaban J connectivity index is 1.64. The van der Waals surface area contributed by atoms with Gasteiger partial charge in [-0.3, -0.25) is 0 Å². The van der Waals surface area contributed by atoms with E-state index in [-0.39, 0.29) is 0 Å². The minimum atomic E-state index is -0.519. The quantitative estimate of drug-likeness (QED) is 0.684. The number of allylic oxidation sites excluding steroid dienone is 1. The third kappa shape index (κ3) is 2.21. The topological polar surface area (TPSA) is 43.2 Å². The predicted octanol–water partition coefficient (Wildman–Crippen LogP) is 4.98. The summed E-state index contributed by atoms with van der Waals surface area (Å²) in [5, 5.41) is 0. The minimum absolute atomic E-state index is 0.519.